The molecule has 2 N–H and O–H groups in total. The number of rotatable bonds is 2. The van der Waals surface area contributed by atoms with E-state index in [-0.39, 0.29) is 18.1 Å². The van der Waals surface area contributed by atoms with Gasteiger partial charge in [0.1, 0.15) is 0 Å². The van der Waals surface area contributed by atoms with Gasteiger partial charge in [0.15, 0.2) is 0 Å². The Morgan fingerprint density at radius 3 is 2.75 bits per heavy atom. The summed E-state index contributed by atoms with van der Waals surface area (Å²) in [4.78, 5) is 11.8. The molecule has 0 aromatic heterocycles. The maximum atomic E-state index is 11.8. The second kappa shape index (κ2) is 4.44. The molecular formula is C12H14ClNO2. The molecule has 0 saturated heterocycles. The Balaban J connectivity index is 2.03. The summed E-state index contributed by atoms with van der Waals surface area (Å²) >= 11 is 5.99. The Hall–Kier alpha value is -1.06. The van der Waals surface area contributed by atoms with Crippen LogP contribution in [0.15, 0.2) is 18.2 Å². The molecule has 1 saturated carbocycles. The van der Waals surface area contributed by atoms with E-state index in [1.165, 1.54) is 0 Å². The van der Waals surface area contributed by atoms with Gasteiger partial charge in [-0.25, -0.2) is 0 Å². The molecule has 0 aliphatic heterocycles. The zero-order valence-corrected chi connectivity index (χ0v) is 9.79. The lowest BCUT2D eigenvalue weighted by molar-refractivity contribution is 0.0563. The summed E-state index contributed by atoms with van der Waals surface area (Å²) in [6, 6.07) is 5.43. The third-order valence-electron chi connectivity index (χ3n) is 2.82. The fraction of sp³-hybridized carbons (Fsp3) is 0.417. The van der Waals surface area contributed by atoms with Gasteiger partial charge in [0.2, 0.25) is 0 Å². The second-order valence-corrected chi connectivity index (χ2v) is 4.69. The molecule has 1 aromatic carbocycles. The van der Waals surface area contributed by atoms with Crippen LogP contribution >= 0.6 is 11.6 Å². The molecule has 0 radical (unpaired) electrons. The Morgan fingerprint density at radius 1 is 1.50 bits per heavy atom. The highest BCUT2D eigenvalue weighted by molar-refractivity contribution is 6.33. The predicted octanol–water partition coefficient (Wildman–Crippen LogP) is 1.90. The van der Waals surface area contributed by atoms with Crippen LogP contribution in [0.25, 0.3) is 0 Å². The molecule has 2 rings (SSSR count). The molecule has 1 amide bonds. The fourth-order valence-corrected chi connectivity index (χ4v) is 2.09. The van der Waals surface area contributed by atoms with Gasteiger partial charge in [0.05, 0.1) is 16.7 Å². The third-order valence-corrected chi connectivity index (χ3v) is 3.13. The minimum Gasteiger partial charge on any atom is -0.393 e. The summed E-state index contributed by atoms with van der Waals surface area (Å²) in [7, 11) is 0. The van der Waals surface area contributed by atoms with Gasteiger partial charge in [0.25, 0.3) is 5.91 Å². The monoisotopic (exact) mass is 239 g/mol. The summed E-state index contributed by atoms with van der Waals surface area (Å²) in [6.45, 7) is 1.93. The van der Waals surface area contributed by atoms with Crippen molar-refractivity contribution < 1.29 is 9.90 Å². The first-order valence-corrected chi connectivity index (χ1v) is 5.69. The molecule has 16 heavy (non-hydrogen) atoms. The number of aryl methyl sites for hydroxylation is 1. The quantitative estimate of drug-likeness (QED) is 0.828. The number of carbonyl (C=O) groups is 1. The van der Waals surface area contributed by atoms with E-state index in [9.17, 15) is 4.79 Å². The average Bonchev–Trinajstić information content (AvgIpc) is 2.15. The van der Waals surface area contributed by atoms with Crippen LogP contribution in [0.1, 0.15) is 28.8 Å². The first kappa shape index (κ1) is 11.4. The summed E-state index contributed by atoms with van der Waals surface area (Å²) in [5.41, 5.74) is 1.52. The van der Waals surface area contributed by atoms with Gasteiger partial charge in [-0.15, -0.1) is 0 Å². The van der Waals surface area contributed by atoms with Crippen LogP contribution in [-0.4, -0.2) is 23.2 Å². The van der Waals surface area contributed by atoms with Gasteiger partial charge in [-0.05, 0) is 37.5 Å². The van der Waals surface area contributed by atoms with Gasteiger partial charge >= 0.3 is 0 Å². The minimum absolute atomic E-state index is 0.0832. The van der Waals surface area contributed by atoms with Gasteiger partial charge < -0.3 is 10.4 Å². The van der Waals surface area contributed by atoms with Crippen LogP contribution in [0.2, 0.25) is 5.02 Å². The summed E-state index contributed by atoms with van der Waals surface area (Å²) in [6.07, 6.45) is 1.00. The maximum Gasteiger partial charge on any atom is 0.253 e. The van der Waals surface area contributed by atoms with Crippen molar-refractivity contribution in [2.45, 2.75) is 31.9 Å². The van der Waals surface area contributed by atoms with E-state index in [2.05, 4.69) is 5.32 Å². The average molecular weight is 240 g/mol. The largest absolute Gasteiger partial charge is 0.393 e. The van der Waals surface area contributed by atoms with E-state index in [4.69, 9.17) is 16.7 Å². The normalized spacial score (nSPS) is 23.7. The number of amides is 1. The second-order valence-electron chi connectivity index (χ2n) is 4.28. The smallest absolute Gasteiger partial charge is 0.253 e. The van der Waals surface area contributed by atoms with Crippen molar-refractivity contribution in [3.05, 3.63) is 34.3 Å². The van der Waals surface area contributed by atoms with Gasteiger partial charge in [-0.2, -0.15) is 0 Å². The van der Waals surface area contributed by atoms with Crippen molar-refractivity contribution in [1.82, 2.24) is 5.32 Å². The zero-order chi connectivity index (χ0) is 11.7. The summed E-state index contributed by atoms with van der Waals surface area (Å²) in [5, 5.41) is 12.4. The number of nitrogens with one attached hydrogen (secondary N) is 1. The molecule has 0 unspecified atom stereocenters. The van der Waals surface area contributed by atoms with Crippen molar-refractivity contribution in [2.24, 2.45) is 0 Å². The van der Waals surface area contributed by atoms with Crippen LogP contribution < -0.4 is 5.32 Å². The lowest BCUT2D eigenvalue weighted by atomic mass is 9.89. The van der Waals surface area contributed by atoms with Crippen LogP contribution in [0.4, 0.5) is 0 Å². The molecule has 1 aliphatic rings. The van der Waals surface area contributed by atoms with Crippen LogP contribution in [0.5, 0.6) is 0 Å². The number of hydrogen-bond donors (Lipinski definition) is 2. The number of benzene rings is 1. The van der Waals surface area contributed by atoms with E-state index in [1.807, 2.05) is 13.0 Å². The third kappa shape index (κ3) is 2.36. The van der Waals surface area contributed by atoms with Crippen LogP contribution in [-0.2, 0) is 0 Å². The molecule has 0 bridgehead atoms. The van der Waals surface area contributed by atoms with E-state index < -0.39 is 0 Å². The maximum absolute atomic E-state index is 11.8. The number of hydrogen-bond acceptors (Lipinski definition) is 2. The van der Waals surface area contributed by atoms with Gasteiger partial charge in [0, 0.05) is 6.04 Å². The highest BCUT2D eigenvalue weighted by Gasteiger charge is 2.28. The number of carbonyl (C=O) groups excluding carboxylic acids is 1. The van der Waals surface area contributed by atoms with E-state index in [1.54, 1.807) is 12.1 Å². The number of aliphatic hydroxyl groups excluding tert-OH is 1. The van der Waals surface area contributed by atoms with Crippen molar-refractivity contribution in [1.29, 1.82) is 0 Å². The summed E-state index contributed by atoms with van der Waals surface area (Å²) < 4.78 is 0. The molecular weight excluding hydrogens is 226 g/mol. The highest BCUT2D eigenvalue weighted by atomic mass is 35.5. The van der Waals surface area contributed by atoms with Crippen molar-refractivity contribution in [3.63, 3.8) is 0 Å². The molecule has 3 nitrogen and oxygen atoms in total. The van der Waals surface area contributed by atoms with Crippen molar-refractivity contribution in [2.75, 3.05) is 0 Å². The first-order chi connectivity index (χ1) is 7.56. The molecule has 0 atom stereocenters. The van der Waals surface area contributed by atoms with E-state index in [0.717, 1.165) is 5.56 Å². The Labute approximate surface area is 99.4 Å². The van der Waals surface area contributed by atoms with Crippen molar-refractivity contribution >= 4 is 17.5 Å². The molecule has 86 valence electrons. The molecule has 1 aliphatic carbocycles. The fourth-order valence-electron chi connectivity index (χ4n) is 1.77. The standard InChI is InChI=1S/C12H14ClNO2/c1-7-2-3-10(11(13)4-7)12(16)14-8-5-9(15)6-8/h2-4,8-9,15H,5-6H2,1H3,(H,14,16). The Morgan fingerprint density at radius 2 is 2.19 bits per heavy atom. The highest BCUT2D eigenvalue weighted by Crippen LogP contribution is 2.22. The van der Waals surface area contributed by atoms with Gasteiger partial charge in [-0.3, -0.25) is 4.79 Å². The lowest BCUT2D eigenvalue weighted by Gasteiger charge is -2.32. The first-order valence-electron chi connectivity index (χ1n) is 5.31. The molecule has 1 aromatic rings. The number of aliphatic hydroxyl groups is 1. The zero-order valence-electron chi connectivity index (χ0n) is 9.03. The topological polar surface area (TPSA) is 49.3 Å². The molecule has 1 fully saturated rings. The Kier molecular flexibility index (Phi) is 3.17. The van der Waals surface area contributed by atoms with E-state index >= 15 is 0 Å². The Bertz CT molecular complexity index is 413. The molecule has 0 heterocycles. The minimum atomic E-state index is -0.265. The van der Waals surface area contributed by atoms with Crippen molar-refractivity contribution in [3.8, 4) is 0 Å². The SMILES string of the molecule is Cc1ccc(C(=O)NC2CC(O)C2)c(Cl)c1. The van der Waals surface area contributed by atoms with Crippen LogP contribution in [0, 0.1) is 6.92 Å². The van der Waals surface area contributed by atoms with Gasteiger partial charge in [-0.1, -0.05) is 17.7 Å². The summed E-state index contributed by atoms with van der Waals surface area (Å²) in [5.74, 6) is -0.165. The van der Waals surface area contributed by atoms with E-state index in [0.29, 0.717) is 23.4 Å². The number of halogens is 1. The molecule has 4 heteroatoms. The van der Waals surface area contributed by atoms with Crippen LogP contribution in [0.3, 0.4) is 0 Å². The lowest BCUT2D eigenvalue weighted by Crippen LogP contribution is -2.46. The molecule has 0 spiro atoms. The predicted molar refractivity (Wildman–Crippen MR) is 62.7 cm³/mol.